The zero-order valence-corrected chi connectivity index (χ0v) is 11.7. The third-order valence-electron chi connectivity index (χ3n) is 2.92. The first kappa shape index (κ1) is 15.4. The number of benzene rings is 1. The number of halogens is 1. The van der Waals surface area contributed by atoms with Gasteiger partial charge in [-0.05, 0) is 30.2 Å². The molecule has 0 aliphatic heterocycles. The molecule has 0 heterocycles. The molecule has 0 aliphatic carbocycles. The first-order chi connectivity index (χ1) is 8.97. The second kappa shape index (κ2) is 7.09. The van der Waals surface area contributed by atoms with E-state index in [1.54, 1.807) is 6.07 Å². The van der Waals surface area contributed by atoms with E-state index < -0.39 is 5.82 Å². The molecular formula is C14H22FN3O. The molecule has 0 amide bonds. The lowest BCUT2D eigenvalue weighted by atomic mass is 10.1. The second-order valence-corrected chi connectivity index (χ2v) is 5.01. The third kappa shape index (κ3) is 4.52. The molecular weight excluding hydrogens is 245 g/mol. The van der Waals surface area contributed by atoms with E-state index in [1.807, 2.05) is 0 Å². The lowest BCUT2D eigenvalue weighted by molar-refractivity contribution is 0.248. The highest BCUT2D eigenvalue weighted by molar-refractivity contribution is 5.98. The summed E-state index contributed by atoms with van der Waals surface area (Å²) in [4.78, 5) is 2.24. The number of nitrogens with two attached hydrogens (primary N) is 1. The molecule has 1 aromatic rings. The highest BCUT2D eigenvalue weighted by Gasteiger charge is 2.12. The van der Waals surface area contributed by atoms with E-state index in [0.717, 1.165) is 18.7 Å². The standard InChI is InChI=1S/C14H22FN3O/c1-4-18(8-10(2)3)9-11-5-6-12(15)7-13(11)14(16)17-19/h5-7,10,19H,4,8-9H2,1-3H3,(H2,16,17). The van der Waals surface area contributed by atoms with Gasteiger partial charge in [-0.15, -0.1) is 0 Å². The lowest BCUT2D eigenvalue weighted by Crippen LogP contribution is -2.28. The van der Waals surface area contributed by atoms with Crippen LogP contribution in [0.5, 0.6) is 0 Å². The van der Waals surface area contributed by atoms with Gasteiger partial charge in [-0.1, -0.05) is 32.0 Å². The smallest absolute Gasteiger partial charge is 0.170 e. The van der Waals surface area contributed by atoms with E-state index in [0.29, 0.717) is 18.0 Å². The number of hydrogen-bond donors (Lipinski definition) is 2. The fraction of sp³-hybridized carbons (Fsp3) is 0.500. The van der Waals surface area contributed by atoms with Crippen molar-refractivity contribution in [3.05, 3.63) is 35.1 Å². The van der Waals surface area contributed by atoms with Crippen LogP contribution in [0.3, 0.4) is 0 Å². The van der Waals surface area contributed by atoms with Gasteiger partial charge in [0.05, 0.1) is 0 Å². The van der Waals surface area contributed by atoms with E-state index in [1.165, 1.54) is 12.1 Å². The van der Waals surface area contributed by atoms with Crippen LogP contribution in [-0.4, -0.2) is 29.0 Å². The maximum absolute atomic E-state index is 13.3. The Kier molecular flexibility index (Phi) is 5.76. The number of oxime groups is 1. The van der Waals surface area contributed by atoms with Crippen molar-refractivity contribution in [2.45, 2.75) is 27.3 Å². The molecule has 0 fully saturated rings. The van der Waals surface area contributed by atoms with Crippen molar-refractivity contribution in [1.82, 2.24) is 4.90 Å². The first-order valence-corrected chi connectivity index (χ1v) is 6.46. The summed E-state index contributed by atoms with van der Waals surface area (Å²) < 4.78 is 13.3. The summed E-state index contributed by atoms with van der Waals surface area (Å²) >= 11 is 0. The lowest BCUT2D eigenvalue weighted by Gasteiger charge is -2.23. The molecule has 0 saturated carbocycles. The topological polar surface area (TPSA) is 61.8 Å². The molecule has 5 heteroatoms. The Bertz CT molecular complexity index is 446. The summed E-state index contributed by atoms with van der Waals surface area (Å²) in [5.74, 6) is 0.0973. The maximum atomic E-state index is 13.3. The fourth-order valence-electron chi connectivity index (χ4n) is 2.04. The van der Waals surface area contributed by atoms with Gasteiger partial charge in [-0.2, -0.15) is 0 Å². The van der Waals surface area contributed by atoms with E-state index in [4.69, 9.17) is 10.9 Å². The van der Waals surface area contributed by atoms with Gasteiger partial charge in [0.1, 0.15) is 5.82 Å². The molecule has 0 aliphatic rings. The molecule has 1 aromatic carbocycles. The van der Waals surface area contributed by atoms with Crippen LogP contribution in [0.4, 0.5) is 4.39 Å². The maximum Gasteiger partial charge on any atom is 0.170 e. The minimum absolute atomic E-state index is 0.0601. The van der Waals surface area contributed by atoms with Gasteiger partial charge in [0, 0.05) is 18.7 Å². The summed E-state index contributed by atoms with van der Waals surface area (Å²) in [6, 6.07) is 4.38. The van der Waals surface area contributed by atoms with Crippen LogP contribution in [0, 0.1) is 11.7 Å². The SMILES string of the molecule is CCN(Cc1ccc(F)cc1C(N)=NO)CC(C)C. The van der Waals surface area contributed by atoms with Crippen LogP contribution in [0.25, 0.3) is 0 Å². The minimum atomic E-state index is -0.391. The zero-order valence-electron chi connectivity index (χ0n) is 11.7. The molecule has 0 saturated heterocycles. The Labute approximate surface area is 113 Å². The molecule has 0 radical (unpaired) electrons. The average molecular weight is 267 g/mol. The molecule has 19 heavy (non-hydrogen) atoms. The van der Waals surface area contributed by atoms with Crippen LogP contribution in [0.15, 0.2) is 23.4 Å². The van der Waals surface area contributed by atoms with E-state index >= 15 is 0 Å². The summed E-state index contributed by atoms with van der Waals surface area (Å²) in [6.07, 6.45) is 0. The van der Waals surface area contributed by atoms with Crippen molar-refractivity contribution in [3.63, 3.8) is 0 Å². The van der Waals surface area contributed by atoms with Gasteiger partial charge in [0.25, 0.3) is 0 Å². The molecule has 0 atom stereocenters. The quantitative estimate of drug-likeness (QED) is 0.360. The van der Waals surface area contributed by atoms with Crippen molar-refractivity contribution in [1.29, 1.82) is 0 Å². The Hall–Kier alpha value is -1.62. The van der Waals surface area contributed by atoms with E-state index in [-0.39, 0.29) is 5.84 Å². The highest BCUT2D eigenvalue weighted by atomic mass is 19.1. The van der Waals surface area contributed by atoms with Gasteiger partial charge >= 0.3 is 0 Å². The van der Waals surface area contributed by atoms with Gasteiger partial charge in [0.15, 0.2) is 5.84 Å². The molecule has 4 nitrogen and oxygen atoms in total. The van der Waals surface area contributed by atoms with E-state index in [2.05, 4.69) is 30.8 Å². The number of amidine groups is 1. The monoisotopic (exact) mass is 267 g/mol. The Morgan fingerprint density at radius 3 is 2.68 bits per heavy atom. The van der Waals surface area contributed by atoms with Gasteiger partial charge in [-0.25, -0.2) is 4.39 Å². The van der Waals surface area contributed by atoms with Crippen molar-refractivity contribution >= 4 is 5.84 Å². The average Bonchev–Trinajstić information content (AvgIpc) is 2.38. The minimum Gasteiger partial charge on any atom is -0.409 e. The van der Waals surface area contributed by atoms with Crippen molar-refractivity contribution in [3.8, 4) is 0 Å². The molecule has 0 spiro atoms. The molecule has 106 valence electrons. The highest BCUT2D eigenvalue weighted by Crippen LogP contribution is 2.15. The molecule has 3 N–H and O–H groups in total. The van der Waals surface area contributed by atoms with Crippen molar-refractivity contribution < 1.29 is 9.60 Å². The summed E-state index contributed by atoms with van der Waals surface area (Å²) in [5.41, 5.74) is 6.91. The summed E-state index contributed by atoms with van der Waals surface area (Å²) in [6.45, 7) is 8.87. The van der Waals surface area contributed by atoms with Crippen LogP contribution in [-0.2, 0) is 6.54 Å². The van der Waals surface area contributed by atoms with Gasteiger partial charge in [-0.3, -0.25) is 4.90 Å². The number of nitrogens with zero attached hydrogens (tertiary/aromatic N) is 2. The predicted molar refractivity (Wildman–Crippen MR) is 74.7 cm³/mol. The van der Waals surface area contributed by atoms with E-state index in [9.17, 15) is 4.39 Å². The van der Waals surface area contributed by atoms with Crippen molar-refractivity contribution in [2.75, 3.05) is 13.1 Å². The molecule has 1 rings (SSSR count). The number of hydrogen-bond acceptors (Lipinski definition) is 3. The molecule has 0 bridgehead atoms. The van der Waals surface area contributed by atoms with Crippen LogP contribution in [0.2, 0.25) is 0 Å². The summed E-state index contributed by atoms with van der Waals surface area (Å²) in [7, 11) is 0. The predicted octanol–water partition coefficient (Wildman–Crippen LogP) is 2.40. The van der Waals surface area contributed by atoms with Crippen LogP contribution in [0.1, 0.15) is 31.9 Å². The van der Waals surface area contributed by atoms with Crippen molar-refractivity contribution in [2.24, 2.45) is 16.8 Å². The summed E-state index contributed by atoms with van der Waals surface area (Å²) in [5, 5.41) is 11.7. The van der Waals surface area contributed by atoms with Gasteiger partial charge in [0.2, 0.25) is 0 Å². The fourth-order valence-corrected chi connectivity index (χ4v) is 2.04. The normalized spacial score (nSPS) is 12.4. The molecule has 0 aromatic heterocycles. The zero-order chi connectivity index (χ0) is 14.4. The Morgan fingerprint density at radius 2 is 2.16 bits per heavy atom. The first-order valence-electron chi connectivity index (χ1n) is 6.46. The van der Waals surface area contributed by atoms with Crippen LogP contribution >= 0.6 is 0 Å². The van der Waals surface area contributed by atoms with Crippen LogP contribution < -0.4 is 5.73 Å². The largest absolute Gasteiger partial charge is 0.409 e. The molecule has 0 unspecified atom stereocenters. The van der Waals surface area contributed by atoms with Gasteiger partial charge < -0.3 is 10.9 Å². The number of rotatable bonds is 6. The Morgan fingerprint density at radius 1 is 1.47 bits per heavy atom. The third-order valence-corrected chi connectivity index (χ3v) is 2.92. The Balaban J connectivity index is 2.99. The second-order valence-electron chi connectivity index (χ2n) is 5.01.